The van der Waals surface area contributed by atoms with Gasteiger partial charge < -0.3 is 15.8 Å². The van der Waals surface area contributed by atoms with Crippen LogP contribution in [0.25, 0.3) is 0 Å². The van der Waals surface area contributed by atoms with E-state index in [-0.39, 0.29) is 11.9 Å². The number of nitrogens with two attached hydrogens (primary N) is 1. The lowest BCUT2D eigenvalue weighted by Crippen LogP contribution is -2.40. The van der Waals surface area contributed by atoms with Crippen molar-refractivity contribution in [2.24, 2.45) is 5.73 Å². The number of benzene rings is 1. The first-order valence-electron chi connectivity index (χ1n) is 6.89. The van der Waals surface area contributed by atoms with Gasteiger partial charge in [0.1, 0.15) is 0 Å². The van der Waals surface area contributed by atoms with Crippen molar-refractivity contribution in [1.29, 1.82) is 0 Å². The van der Waals surface area contributed by atoms with Crippen molar-refractivity contribution in [3.63, 3.8) is 0 Å². The Morgan fingerprint density at radius 3 is 3.05 bits per heavy atom. The van der Waals surface area contributed by atoms with Crippen LogP contribution in [-0.2, 0) is 4.74 Å². The largest absolute Gasteiger partial charge is 0.379 e. The molecule has 20 heavy (non-hydrogen) atoms. The molecule has 1 aliphatic heterocycles. The van der Waals surface area contributed by atoms with Crippen molar-refractivity contribution in [1.82, 2.24) is 5.32 Å². The van der Waals surface area contributed by atoms with Gasteiger partial charge in [-0.15, -0.1) is 0 Å². The first kappa shape index (κ1) is 14.6. The van der Waals surface area contributed by atoms with Crippen LogP contribution in [0, 0.1) is 18.8 Å². The highest BCUT2D eigenvalue weighted by Gasteiger charge is 2.17. The third kappa shape index (κ3) is 3.83. The second-order valence-electron chi connectivity index (χ2n) is 4.92. The van der Waals surface area contributed by atoms with Crippen LogP contribution in [0.4, 0.5) is 0 Å². The molecule has 4 nitrogen and oxygen atoms in total. The number of ether oxygens (including phenoxy) is 1. The van der Waals surface area contributed by atoms with Crippen LogP contribution in [0.1, 0.15) is 34.3 Å². The summed E-state index contributed by atoms with van der Waals surface area (Å²) < 4.78 is 5.36. The number of carbonyl (C=O) groups is 1. The van der Waals surface area contributed by atoms with E-state index in [1.54, 1.807) is 6.07 Å². The van der Waals surface area contributed by atoms with E-state index >= 15 is 0 Å². The van der Waals surface area contributed by atoms with Gasteiger partial charge >= 0.3 is 0 Å². The molecule has 0 aliphatic carbocycles. The van der Waals surface area contributed by atoms with E-state index in [4.69, 9.17) is 10.5 Å². The molecule has 4 heteroatoms. The zero-order valence-corrected chi connectivity index (χ0v) is 11.7. The first-order valence-corrected chi connectivity index (χ1v) is 6.89. The van der Waals surface area contributed by atoms with E-state index in [2.05, 4.69) is 17.2 Å². The Labute approximate surface area is 119 Å². The van der Waals surface area contributed by atoms with E-state index < -0.39 is 0 Å². The molecule has 1 aromatic carbocycles. The molecular weight excluding hydrogens is 252 g/mol. The summed E-state index contributed by atoms with van der Waals surface area (Å²) in [5, 5.41) is 3.01. The lowest BCUT2D eigenvalue weighted by atomic mass is 10.0. The lowest BCUT2D eigenvalue weighted by Gasteiger charge is -2.23. The highest BCUT2D eigenvalue weighted by molar-refractivity contribution is 5.94. The number of carbonyl (C=O) groups excluding carboxylic acids is 1. The summed E-state index contributed by atoms with van der Waals surface area (Å²) in [5.41, 5.74) is 7.91. The summed E-state index contributed by atoms with van der Waals surface area (Å²) in [6, 6.07) is 5.64. The predicted octanol–water partition coefficient (Wildman–Crippen LogP) is 1.21. The second kappa shape index (κ2) is 7.09. The number of rotatable bonds is 2. The summed E-state index contributed by atoms with van der Waals surface area (Å²) in [5.74, 6) is 5.76. The van der Waals surface area contributed by atoms with Gasteiger partial charge in [-0.2, -0.15) is 0 Å². The van der Waals surface area contributed by atoms with Gasteiger partial charge in [-0.1, -0.05) is 11.8 Å². The van der Waals surface area contributed by atoms with E-state index in [1.165, 1.54) is 0 Å². The summed E-state index contributed by atoms with van der Waals surface area (Å²) in [6.07, 6.45) is 1.97. The maximum Gasteiger partial charge on any atom is 0.251 e. The SMILES string of the molecule is Cc1cc(C(=O)NC2CCCOC2)ccc1C#CCN. The standard InChI is InChI=1S/C16H20N2O2/c1-12-10-14(7-6-13(12)4-2-8-17)16(19)18-15-5-3-9-20-11-15/h6-7,10,15H,3,5,8-9,11,17H2,1H3,(H,18,19). The van der Waals surface area contributed by atoms with Gasteiger partial charge in [0.05, 0.1) is 19.2 Å². The zero-order chi connectivity index (χ0) is 14.4. The minimum absolute atomic E-state index is 0.0538. The molecule has 0 saturated carbocycles. The van der Waals surface area contributed by atoms with Crippen molar-refractivity contribution in [3.8, 4) is 11.8 Å². The predicted molar refractivity (Wildman–Crippen MR) is 78.4 cm³/mol. The molecule has 1 amide bonds. The minimum atomic E-state index is -0.0538. The number of hydrogen-bond donors (Lipinski definition) is 2. The summed E-state index contributed by atoms with van der Waals surface area (Å²) >= 11 is 0. The zero-order valence-electron chi connectivity index (χ0n) is 11.7. The molecule has 2 rings (SSSR count). The van der Waals surface area contributed by atoms with Gasteiger partial charge in [0.2, 0.25) is 0 Å². The third-order valence-corrected chi connectivity index (χ3v) is 3.31. The molecule has 1 heterocycles. The van der Waals surface area contributed by atoms with Crippen molar-refractivity contribution < 1.29 is 9.53 Å². The van der Waals surface area contributed by atoms with E-state index in [0.29, 0.717) is 18.7 Å². The molecule has 1 saturated heterocycles. The molecule has 0 aromatic heterocycles. The van der Waals surface area contributed by atoms with Crippen LogP contribution in [0.15, 0.2) is 18.2 Å². The normalized spacial score (nSPS) is 18.0. The summed E-state index contributed by atoms with van der Waals surface area (Å²) in [4.78, 5) is 12.2. The van der Waals surface area contributed by atoms with Crippen LogP contribution >= 0.6 is 0 Å². The average molecular weight is 272 g/mol. The van der Waals surface area contributed by atoms with Gasteiger partial charge in [-0.05, 0) is 43.5 Å². The van der Waals surface area contributed by atoms with Crippen LogP contribution in [0.5, 0.6) is 0 Å². The Morgan fingerprint density at radius 2 is 2.40 bits per heavy atom. The molecule has 0 bridgehead atoms. The molecule has 0 spiro atoms. The quantitative estimate of drug-likeness (QED) is 0.796. The number of nitrogens with one attached hydrogen (secondary N) is 1. The molecule has 1 aliphatic rings. The maximum atomic E-state index is 12.2. The summed E-state index contributed by atoms with van der Waals surface area (Å²) in [7, 11) is 0. The van der Waals surface area contributed by atoms with Crippen LogP contribution in [0.2, 0.25) is 0 Å². The minimum Gasteiger partial charge on any atom is -0.379 e. The highest BCUT2D eigenvalue weighted by Crippen LogP contribution is 2.12. The Bertz CT molecular complexity index is 537. The Balaban J connectivity index is 2.04. The van der Waals surface area contributed by atoms with E-state index in [0.717, 1.165) is 30.6 Å². The molecule has 106 valence electrons. The fraction of sp³-hybridized carbons (Fsp3) is 0.438. The average Bonchev–Trinajstić information content (AvgIpc) is 2.47. The fourth-order valence-corrected chi connectivity index (χ4v) is 2.21. The van der Waals surface area contributed by atoms with Crippen LogP contribution < -0.4 is 11.1 Å². The maximum absolute atomic E-state index is 12.2. The lowest BCUT2D eigenvalue weighted by molar-refractivity contribution is 0.0624. The third-order valence-electron chi connectivity index (χ3n) is 3.31. The van der Waals surface area contributed by atoms with Crippen LogP contribution in [0.3, 0.4) is 0 Å². The highest BCUT2D eigenvalue weighted by atomic mass is 16.5. The smallest absolute Gasteiger partial charge is 0.251 e. The molecule has 1 unspecified atom stereocenters. The first-order chi connectivity index (χ1) is 9.70. The van der Waals surface area contributed by atoms with E-state index in [1.807, 2.05) is 19.1 Å². The number of amides is 1. The fourth-order valence-electron chi connectivity index (χ4n) is 2.21. The van der Waals surface area contributed by atoms with Gasteiger partial charge in [0, 0.05) is 17.7 Å². The molecule has 1 aromatic rings. The van der Waals surface area contributed by atoms with E-state index in [9.17, 15) is 4.79 Å². The van der Waals surface area contributed by atoms with Crippen molar-refractivity contribution in [2.45, 2.75) is 25.8 Å². The van der Waals surface area contributed by atoms with Crippen LogP contribution in [-0.4, -0.2) is 31.7 Å². The number of aryl methyl sites for hydroxylation is 1. The second-order valence-corrected chi connectivity index (χ2v) is 4.92. The monoisotopic (exact) mass is 272 g/mol. The van der Waals surface area contributed by atoms with Crippen molar-refractivity contribution >= 4 is 5.91 Å². The Kier molecular flexibility index (Phi) is 5.16. The molecule has 1 atom stereocenters. The van der Waals surface area contributed by atoms with Crippen molar-refractivity contribution in [2.75, 3.05) is 19.8 Å². The molecule has 1 fully saturated rings. The molecular formula is C16H20N2O2. The summed E-state index contributed by atoms with van der Waals surface area (Å²) in [6.45, 7) is 3.68. The number of hydrogen-bond acceptors (Lipinski definition) is 3. The van der Waals surface area contributed by atoms with Crippen molar-refractivity contribution in [3.05, 3.63) is 34.9 Å². The van der Waals surface area contributed by atoms with Gasteiger partial charge in [-0.25, -0.2) is 0 Å². The molecule has 3 N–H and O–H groups in total. The van der Waals surface area contributed by atoms with Gasteiger partial charge in [-0.3, -0.25) is 4.79 Å². The Morgan fingerprint density at radius 1 is 1.55 bits per heavy atom. The van der Waals surface area contributed by atoms with Gasteiger partial charge in [0.15, 0.2) is 0 Å². The molecule has 0 radical (unpaired) electrons. The Hall–Kier alpha value is -1.83. The van der Waals surface area contributed by atoms with Gasteiger partial charge in [0.25, 0.3) is 5.91 Å². The topological polar surface area (TPSA) is 64.3 Å².